The van der Waals surface area contributed by atoms with E-state index in [1.165, 1.54) is 25.7 Å². The molecule has 1 aromatic rings. The number of anilines is 1. The van der Waals surface area contributed by atoms with Crippen LogP contribution < -0.4 is 11.1 Å². The lowest BCUT2D eigenvalue weighted by molar-refractivity contribution is 0.0917. The second-order valence-corrected chi connectivity index (χ2v) is 5.04. The quantitative estimate of drug-likeness (QED) is 0.688. The molecule has 0 aromatic carbocycles. The summed E-state index contributed by atoms with van der Waals surface area (Å²) in [4.78, 5) is 14.9. The molecule has 0 spiro atoms. The molecule has 1 aromatic heterocycles. The third kappa shape index (κ3) is 3.02. The number of nitrogen functional groups attached to an aromatic ring is 1. The second-order valence-electron chi connectivity index (χ2n) is 5.04. The molecule has 1 fully saturated rings. The number of nitrogens with one attached hydrogen (secondary N) is 2. The summed E-state index contributed by atoms with van der Waals surface area (Å²) < 4.78 is 0. The van der Waals surface area contributed by atoms with Gasteiger partial charge in [-0.05, 0) is 24.8 Å². The van der Waals surface area contributed by atoms with Gasteiger partial charge in [-0.3, -0.25) is 4.79 Å². The summed E-state index contributed by atoms with van der Waals surface area (Å²) in [6, 6.07) is 1.98. The van der Waals surface area contributed by atoms with Crippen LogP contribution in [0.15, 0.2) is 12.3 Å². The smallest absolute Gasteiger partial charge is 0.267 e. The van der Waals surface area contributed by atoms with Gasteiger partial charge in [0.05, 0.1) is 0 Å². The van der Waals surface area contributed by atoms with E-state index in [0.29, 0.717) is 23.3 Å². The number of aromatic amines is 1. The lowest BCUT2D eigenvalue weighted by Gasteiger charge is -2.22. The molecule has 4 heteroatoms. The predicted octanol–water partition coefficient (Wildman–Crippen LogP) is 2.30. The van der Waals surface area contributed by atoms with Gasteiger partial charge in [-0.25, -0.2) is 0 Å². The zero-order chi connectivity index (χ0) is 12.3. The van der Waals surface area contributed by atoms with Crippen LogP contribution in [0.25, 0.3) is 0 Å². The SMILES string of the molecule is CC1CCCCCC1NC(=O)c1cc(N)c[nH]1. The highest BCUT2D eigenvalue weighted by Crippen LogP contribution is 2.23. The Morgan fingerprint density at radius 1 is 1.41 bits per heavy atom. The van der Waals surface area contributed by atoms with Crippen molar-refractivity contribution in [2.45, 2.75) is 45.1 Å². The first-order valence-corrected chi connectivity index (χ1v) is 6.41. The van der Waals surface area contributed by atoms with Crippen LogP contribution in [-0.2, 0) is 0 Å². The molecule has 1 aliphatic carbocycles. The number of hydrogen-bond acceptors (Lipinski definition) is 2. The van der Waals surface area contributed by atoms with Crippen LogP contribution in [0.5, 0.6) is 0 Å². The zero-order valence-corrected chi connectivity index (χ0v) is 10.3. The van der Waals surface area contributed by atoms with Crippen LogP contribution in [0.4, 0.5) is 5.69 Å². The van der Waals surface area contributed by atoms with E-state index in [1.807, 2.05) is 0 Å². The molecule has 1 heterocycles. The van der Waals surface area contributed by atoms with Crippen LogP contribution in [0.2, 0.25) is 0 Å². The number of rotatable bonds is 2. The van der Waals surface area contributed by atoms with Gasteiger partial charge in [0, 0.05) is 17.9 Å². The van der Waals surface area contributed by atoms with Crippen molar-refractivity contribution in [1.82, 2.24) is 10.3 Å². The van der Waals surface area contributed by atoms with Gasteiger partial charge in [0.15, 0.2) is 0 Å². The molecule has 0 saturated heterocycles. The molecule has 1 aliphatic rings. The zero-order valence-electron chi connectivity index (χ0n) is 10.3. The van der Waals surface area contributed by atoms with Gasteiger partial charge in [-0.15, -0.1) is 0 Å². The maximum Gasteiger partial charge on any atom is 0.267 e. The van der Waals surface area contributed by atoms with Crippen LogP contribution in [0.1, 0.15) is 49.5 Å². The van der Waals surface area contributed by atoms with Gasteiger partial charge in [0.25, 0.3) is 5.91 Å². The van der Waals surface area contributed by atoms with Gasteiger partial charge < -0.3 is 16.0 Å². The maximum atomic E-state index is 12.0. The number of carbonyl (C=O) groups is 1. The number of hydrogen-bond donors (Lipinski definition) is 3. The highest BCUT2D eigenvalue weighted by Gasteiger charge is 2.22. The van der Waals surface area contributed by atoms with Crippen LogP contribution in [-0.4, -0.2) is 16.9 Å². The maximum absolute atomic E-state index is 12.0. The highest BCUT2D eigenvalue weighted by molar-refractivity contribution is 5.93. The first kappa shape index (κ1) is 12.0. The fourth-order valence-corrected chi connectivity index (χ4v) is 2.50. The van der Waals surface area contributed by atoms with Crippen molar-refractivity contribution >= 4 is 11.6 Å². The van der Waals surface area contributed by atoms with Crippen LogP contribution >= 0.6 is 0 Å². The molecule has 0 radical (unpaired) electrons. The summed E-state index contributed by atoms with van der Waals surface area (Å²) in [6.45, 7) is 2.22. The fourth-order valence-electron chi connectivity index (χ4n) is 2.50. The summed E-state index contributed by atoms with van der Waals surface area (Å²) in [5.74, 6) is 0.522. The topological polar surface area (TPSA) is 70.9 Å². The standard InChI is InChI=1S/C13H21N3O/c1-9-5-3-2-4-6-11(9)16-13(17)12-7-10(14)8-15-12/h7-9,11,15H,2-6,14H2,1H3,(H,16,17). The normalized spacial score (nSPS) is 25.2. The molecule has 1 amide bonds. The molecule has 2 atom stereocenters. The minimum atomic E-state index is -0.0412. The average Bonchev–Trinajstić information content (AvgIpc) is 2.63. The molecule has 0 aliphatic heterocycles. The number of amides is 1. The van der Waals surface area contributed by atoms with Crippen molar-refractivity contribution in [2.24, 2.45) is 5.92 Å². The number of H-pyrrole nitrogens is 1. The second kappa shape index (κ2) is 5.25. The monoisotopic (exact) mass is 235 g/mol. The Hall–Kier alpha value is -1.45. The molecule has 94 valence electrons. The Bertz CT molecular complexity index is 386. The van der Waals surface area contributed by atoms with Crippen molar-refractivity contribution in [3.05, 3.63) is 18.0 Å². The highest BCUT2D eigenvalue weighted by atomic mass is 16.1. The Labute approximate surface area is 102 Å². The Kier molecular flexibility index (Phi) is 3.71. The number of aromatic nitrogens is 1. The summed E-state index contributed by atoms with van der Waals surface area (Å²) in [5.41, 5.74) is 6.75. The summed E-state index contributed by atoms with van der Waals surface area (Å²) in [5, 5.41) is 3.11. The van der Waals surface area contributed by atoms with E-state index in [1.54, 1.807) is 12.3 Å². The predicted molar refractivity (Wildman–Crippen MR) is 68.7 cm³/mol. The van der Waals surface area contributed by atoms with E-state index in [2.05, 4.69) is 17.2 Å². The molecule has 2 rings (SSSR count). The van der Waals surface area contributed by atoms with Gasteiger partial charge in [0.1, 0.15) is 5.69 Å². The van der Waals surface area contributed by atoms with Crippen LogP contribution in [0.3, 0.4) is 0 Å². The van der Waals surface area contributed by atoms with E-state index >= 15 is 0 Å². The minimum absolute atomic E-state index is 0.0412. The molecule has 4 N–H and O–H groups in total. The van der Waals surface area contributed by atoms with Gasteiger partial charge in [-0.2, -0.15) is 0 Å². The third-order valence-corrected chi connectivity index (χ3v) is 3.63. The van der Waals surface area contributed by atoms with E-state index in [9.17, 15) is 4.79 Å². The first-order chi connectivity index (χ1) is 8.16. The fraction of sp³-hybridized carbons (Fsp3) is 0.615. The molecular weight excluding hydrogens is 214 g/mol. The minimum Gasteiger partial charge on any atom is -0.397 e. The van der Waals surface area contributed by atoms with Crippen molar-refractivity contribution in [2.75, 3.05) is 5.73 Å². The van der Waals surface area contributed by atoms with Crippen molar-refractivity contribution in [3.8, 4) is 0 Å². The van der Waals surface area contributed by atoms with Gasteiger partial charge in [-0.1, -0.05) is 26.2 Å². The van der Waals surface area contributed by atoms with E-state index in [4.69, 9.17) is 5.73 Å². The number of carbonyl (C=O) groups excluding carboxylic acids is 1. The molecular formula is C13H21N3O. The summed E-state index contributed by atoms with van der Waals surface area (Å²) in [6.07, 6.45) is 7.71. The first-order valence-electron chi connectivity index (χ1n) is 6.41. The lowest BCUT2D eigenvalue weighted by Crippen LogP contribution is -2.39. The Morgan fingerprint density at radius 2 is 2.18 bits per heavy atom. The van der Waals surface area contributed by atoms with Crippen molar-refractivity contribution < 1.29 is 4.79 Å². The third-order valence-electron chi connectivity index (χ3n) is 3.63. The van der Waals surface area contributed by atoms with Gasteiger partial charge in [0.2, 0.25) is 0 Å². The lowest BCUT2D eigenvalue weighted by atomic mass is 9.97. The van der Waals surface area contributed by atoms with Crippen LogP contribution in [0, 0.1) is 5.92 Å². The summed E-state index contributed by atoms with van der Waals surface area (Å²) in [7, 11) is 0. The van der Waals surface area contributed by atoms with E-state index < -0.39 is 0 Å². The molecule has 1 saturated carbocycles. The largest absolute Gasteiger partial charge is 0.397 e. The van der Waals surface area contributed by atoms with E-state index in [-0.39, 0.29) is 5.91 Å². The summed E-state index contributed by atoms with van der Waals surface area (Å²) >= 11 is 0. The molecule has 0 bridgehead atoms. The molecule has 17 heavy (non-hydrogen) atoms. The van der Waals surface area contributed by atoms with Crippen molar-refractivity contribution in [3.63, 3.8) is 0 Å². The Morgan fingerprint density at radius 3 is 2.88 bits per heavy atom. The molecule has 4 nitrogen and oxygen atoms in total. The number of nitrogens with two attached hydrogens (primary N) is 1. The van der Waals surface area contributed by atoms with Crippen molar-refractivity contribution in [1.29, 1.82) is 0 Å². The molecule has 2 unspecified atom stereocenters. The van der Waals surface area contributed by atoms with Gasteiger partial charge >= 0.3 is 0 Å². The average molecular weight is 235 g/mol. The Balaban J connectivity index is 1.97. The van der Waals surface area contributed by atoms with E-state index in [0.717, 1.165) is 6.42 Å².